The maximum absolute atomic E-state index is 13.7. The number of ether oxygens (including phenoxy) is 1. The van der Waals surface area contributed by atoms with Crippen molar-refractivity contribution in [3.8, 4) is 11.4 Å². The zero-order valence-electron chi connectivity index (χ0n) is 13.4. The van der Waals surface area contributed by atoms with Gasteiger partial charge in [-0.25, -0.2) is 13.8 Å². The van der Waals surface area contributed by atoms with Crippen LogP contribution in [0.3, 0.4) is 0 Å². The van der Waals surface area contributed by atoms with Crippen molar-refractivity contribution in [3.63, 3.8) is 0 Å². The minimum atomic E-state index is -1.14. The van der Waals surface area contributed by atoms with Gasteiger partial charge in [0, 0.05) is 29.8 Å². The van der Waals surface area contributed by atoms with Crippen LogP contribution < -0.4 is 4.74 Å². The highest BCUT2D eigenvalue weighted by atomic mass is 32.2. The van der Waals surface area contributed by atoms with Crippen LogP contribution >= 0.6 is 11.8 Å². The molecule has 0 aliphatic carbocycles. The Morgan fingerprint density at radius 2 is 2.08 bits per heavy atom. The number of aromatic nitrogens is 2. The molecule has 25 heavy (non-hydrogen) atoms. The minimum absolute atomic E-state index is 0.0630. The van der Waals surface area contributed by atoms with Crippen LogP contribution in [0.4, 0.5) is 8.78 Å². The van der Waals surface area contributed by atoms with Gasteiger partial charge in [0.2, 0.25) is 0 Å². The van der Waals surface area contributed by atoms with Crippen molar-refractivity contribution in [1.82, 2.24) is 9.55 Å². The minimum Gasteiger partial charge on any atom is -0.497 e. The molecule has 0 radical (unpaired) electrons. The SMILES string of the molecule is COc1cccc(-n2ccnc2SC[C@H](O)c2cc(F)ccc2F)c1. The Morgan fingerprint density at radius 1 is 1.24 bits per heavy atom. The highest BCUT2D eigenvalue weighted by Gasteiger charge is 2.16. The summed E-state index contributed by atoms with van der Waals surface area (Å²) in [4.78, 5) is 4.26. The summed E-state index contributed by atoms with van der Waals surface area (Å²) < 4.78 is 34.1. The van der Waals surface area contributed by atoms with Gasteiger partial charge in [-0.15, -0.1) is 0 Å². The van der Waals surface area contributed by atoms with E-state index in [1.165, 1.54) is 11.8 Å². The summed E-state index contributed by atoms with van der Waals surface area (Å²) in [5.41, 5.74) is 0.790. The van der Waals surface area contributed by atoms with Gasteiger partial charge in [-0.05, 0) is 30.3 Å². The first-order chi connectivity index (χ1) is 12.1. The Hall–Kier alpha value is -2.38. The van der Waals surface area contributed by atoms with Crippen molar-refractivity contribution < 1.29 is 18.6 Å². The topological polar surface area (TPSA) is 47.3 Å². The Balaban J connectivity index is 1.76. The fourth-order valence-corrected chi connectivity index (χ4v) is 3.29. The number of methoxy groups -OCH3 is 1. The molecule has 1 heterocycles. The molecule has 1 aromatic heterocycles. The summed E-state index contributed by atoms with van der Waals surface area (Å²) in [6.45, 7) is 0. The molecule has 1 atom stereocenters. The Labute approximate surface area is 148 Å². The number of imidazole rings is 1. The quantitative estimate of drug-likeness (QED) is 0.674. The number of aliphatic hydroxyl groups excluding tert-OH is 1. The van der Waals surface area contributed by atoms with Gasteiger partial charge < -0.3 is 9.84 Å². The highest BCUT2D eigenvalue weighted by molar-refractivity contribution is 7.99. The standard InChI is InChI=1S/C18H16F2N2O2S/c1-24-14-4-2-3-13(10-14)22-8-7-21-18(22)25-11-17(23)15-9-12(19)5-6-16(15)20/h2-10,17,23H,11H2,1H3/t17-/m0/s1. The third-order valence-corrected chi connectivity index (χ3v) is 4.67. The molecular weight excluding hydrogens is 346 g/mol. The van der Waals surface area contributed by atoms with Crippen LogP contribution in [-0.2, 0) is 0 Å². The second kappa shape index (κ2) is 7.67. The molecule has 0 saturated heterocycles. The van der Waals surface area contributed by atoms with Gasteiger partial charge in [0.15, 0.2) is 5.16 Å². The van der Waals surface area contributed by atoms with E-state index < -0.39 is 17.7 Å². The number of thioether (sulfide) groups is 1. The third-order valence-electron chi connectivity index (χ3n) is 3.63. The number of halogens is 2. The van der Waals surface area contributed by atoms with E-state index in [-0.39, 0.29) is 11.3 Å². The Kier molecular flexibility index (Phi) is 5.35. The summed E-state index contributed by atoms with van der Waals surface area (Å²) in [5.74, 6) is -0.366. The van der Waals surface area contributed by atoms with Gasteiger partial charge in [0.1, 0.15) is 17.4 Å². The molecule has 0 bridgehead atoms. The van der Waals surface area contributed by atoms with E-state index in [1.807, 2.05) is 28.8 Å². The fraction of sp³-hybridized carbons (Fsp3) is 0.167. The van der Waals surface area contributed by atoms with E-state index >= 15 is 0 Å². The smallest absolute Gasteiger partial charge is 0.172 e. The van der Waals surface area contributed by atoms with Crippen LogP contribution in [0.1, 0.15) is 11.7 Å². The Bertz CT molecular complexity index is 870. The van der Waals surface area contributed by atoms with Gasteiger partial charge in [-0.3, -0.25) is 4.57 Å². The predicted molar refractivity (Wildman–Crippen MR) is 92.2 cm³/mol. The van der Waals surface area contributed by atoms with Crippen LogP contribution in [0.2, 0.25) is 0 Å². The second-order valence-corrected chi connectivity index (χ2v) is 6.26. The van der Waals surface area contributed by atoms with E-state index in [9.17, 15) is 13.9 Å². The molecule has 130 valence electrons. The van der Waals surface area contributed by atoms with Crippen LogP contribution in [-0.4, -0.2) is 27.5 Å². The van der Waals surface area contributed by atoms with E-state index in [2.05, 4.69) is 4.98 Å². The van der Waals surface area contributed by atoms with E-state index in [1.54, 1.807) is 19.5 Å². The average Bonchev–Trinajstić information content (AvgIpc) is 3.10. The average molecular weight is 362 g/mol. The second-order valence-electron chi connectivity index (χ2n) is 5.27. The van der Waals surface area contributed by atoms with E-state index in [0.717, 1.165) is 23.9 Å². The van der Waals surface area contributed by atoms with Crippen molar-refractivity contribution in [2.45, 2.75) is 11.3 Å². The number of hydrogen-bond donors (Lipinski definition) is 1. The zero-order chi connectivity index (χ0) is 17.8. The highest BCUT2D eigenvalue weighted by Crippen LogP contribution is 2.28. The molecule has 3 aromatic rings. The maximum atomic E-state index is 13.7. The lowest BCUT2D eigenvalue weighted by molar-refractivity contribution is 0.198. The molecule has 4 nitrogen and oxygen atoms in total. The number of benzene rings is 2. The van der Waals surface area contributed by atoms with Crippen molar-refractivity contribution in [2.24, 2.45) is 0 Å². The summed E-state index contributed by atoms with van der Waals surface area (Å²) in [7, 11) is 1.59. The first-order valence-corrected chi connectivity index (χ1v) is 8.50. The first kappa shape index (κ1) is 17.4. The molecule has 0 fully saturated rings. The molecule has 0 aliphatic rings. The molecule has 0 aliphatic heterocycles. The number of rotatable bonds is 6. The molecule has 0 amide bonds. The summed E-state index contributed by atoms with van der Waals surface area (Å²) in [6, 6.07) is 10.5. The lowest BCUT2D eigenvalue weighted by Gasteiger charge is -2.13. The zero-order valence-corrected chi connectivity index (χ0v) is 14.2. The van der Waals surface area contributed by atoms with Gasteiger partial charge in [-0.1, -0.05) is 17.8 Å². The van der Waals surface area contributed by atoms with Crippen LogP contribution in [0.25, 0.3) is 5.69 Å². The molecular formula is C18H16F2N2O2S. The molecule has 0 saturated carbocycles. The summed E-state index contributed by atoms with van der Waals surface area (Å²) in [6.07, 6.45) is 2.28. The first-order valence-electron chi connectivity index (χ1n) is 7.52. The van der Waals surface area contributed by atoms with Crippen LogP contribution in [0, 0.1) is 11.6 Å². The van der Waals surface area contributed by atoms with Crippen LogP contribution in [0.5, 0.6) is 5.75 Å². The maximum Gasteiger partial charge on any atom is 0.172 e. The molecule has 0 unspecified atom stereocenters. The summed E-state index contributed by atoms with van der Waals surface area (Å²) >= 11 is 1.25. The predicted octanol–water partition coefficient (Wildman–Crippen LogP) is 3.98. The lowest BCUT2D eigenvalue weighted by atomic mass is 10.1. The number of hydrogen-bond acceptors (Lipinski definition) is 4. The van der Waals surface area contributed by atoms with Crippen molar-refractivity contribution >= 4 is 11.8 Å². The van der Waals surface area contributed by atoms with E-state index in [4.69, 9.17) is 4.74 Å². The fourth-order valence-electron chi connectivity index (χ4n) is 2.37. The molecule has 1 N–H and O–H groups in total. The van der Waals surface area contributed by atoms with Gasteiger partial charge in [0.25, 0.3) is 0 Å². The van der Waals surface area contributed by atoms with E-state index in [0.29, 0.717) is 10.9 Å². The molecule has 3 rings (SSSR count). The summed E-state index contributed by atoms with van der Waals surface area (Å²) in [5, 5.41) is 10.8. The lowest BCUT2D eigenvalue weighted by Crippen LogP contribution is -2.05. The van der Waals surface area contributed by atoms with Gasteiger partial charge >= 0.3 is 0 Å². The van der Waals surface area contributed by atoms with Crippen molar-refractivity contribution in [1.29, 1.82) is 0 Å². The molecule has 2 aromatic carbocycles. The molecule has 7 heteroatoms. The third kappa shape index (κ3) is 4.00. The van der Waals surface area contributed by atoms with Gasteiger partial charge in [-0.2, -0.15) is 0 Å². The van der Waals surface area contributed by atoms with Crippen molar-refractivity contribution in [2.75, 3.05) is 12.9 Å². The largest absolute Gasteiger partial charge is 0.497 e. The number of aliphatic hydroxyl groups is 1. The van der Waals surface area contributed by atoms with Crippen molar-refractivity contribution in [3.05, 3.63) is 72.1 Å². The monoisotopic (exact) mass is 362 g/mol. The Morgan fingerprint density at radius 3 is 2.88 bits per heavy atom. The normalized spacial score (nSPS) is 12.2. The number of nitrogens with zero attached hydrogens (tertiary/aromatic N) is 2. The van der Waals surface area contributed by atoms with Gasteiger partial charge in [0.05, 0.1) is 18.9 Å². The van der Waals surface area contributed by atoms with Crippen LogP contribution in [0.15, 0.2) is 60.0 Å². The molecule has 0 spiro atoms.